The van der Waals surface area contributed by atoms with E-state index in [-0.39, 0.29) is 17.1 Å². The number of rotatable bonds is 7. The molecule has 0 radical (unpaired) electrons. The van der Waals surface area contributed by atoms with Gasteiger partial charge in [0.2, 0.25) is 5.91 Å². The van der Waals surface area contributed by atoms with E-state index in [1.165, 1.54) is 35.6 Å². The van der Waals surface area contributed by atoms with Crippen LogP contribution in [-0.4, -0.2) is 50.0 Å². The highest BCUT2D eigenvalue weighted by molar-refractivity contribution is 6.30. The molecule has 2 amide bonds. The minimum atomic E-state index is -0.422. The predicted octanol–water partition coefficient (Wildman–Crippen LogP) is 6.53. The number of carbonyl (C=O) groups is 2. The standard InChI is InChI=1S/C29H31N3O5.C7H7Cl/c1-36-22-8-9-26-23(17-22)25(33)18-27(37-26)29(35)30-13-10-20-11-15-31(16-12-20)24-6-3-2-5-21(24)19-32-14-4-7-28(32)34;1-6-2-4-7(8)5-3-6/h2-3,5-6,8-10,17-18H,4,7,11-16,19H2,1H3,(H,30,35);2-5H,1H3. The van der Waals surface area contributed by atoms with Crippen LogP contribution in [-0.2, 0) is 11.3 Å². The molecule has 3 aromatic carbocycles. The molecule has 234 valence electrons. The SMILES string of the molecule is COc1ccc2oc(C(=O)NCC=C3CCN(c4ccccc4CN4CCCC4=O)CC3)cc(=O)c2c1.Cc1ccc(Cl)cc1. The minimum absolute atomic E-state index is 0.0102. The minimum Gasteiger partial charge on any atom is -0.497 e. The lowest BCUT2D eigenvalue weighted by Gasteiger charge is -2.33. The molecular weight excluding hydrogens is 590 g/mol. The van der Waals surface area contributed by atoms with Crippen molar-refractivity contribution in [2.24, 2.45) is 0 Å². The maximum Gasteiger partial charge on any atom is 0.287 e. The Kier molecular flexibility index (Phi) is 10.6. The van der Waals surface area contributed by atoms with E-state index in [9.17, 15) is 14.4 Å². The Morgan fingerprint density at radius 3 is 2.42 bits per heavy atom. The van der Waals surface area contributed by atoms with E-state index in [1.54, 1.807) is 18.2 Å². The summed E-state index contributed by atoms with van der Waals surface area (Å²) in [6.07, 6.45) is 5.45. The van der Waals surface area contributed by atoms with E-state index in [4.69, 9.17) is 20.8 Å². The Morgan fingerprint density at radius 1 is 0.978 bits per heavy atom. The van der Waals surface area contributed by atoms with Crippen molar-refractivity contribution in [2.45, 2.75) is 39.2 Å². The van der Waals surface area contributed by atoms with E-state index in [0.29, 0.717) is 36.2 Å². The summed E-state index contributed by atoms with van der Waals surface area (Å²) in [6, 6.07) is 22.2. The topological polar surface area (TPSA) is 92.1 Å². The number of likely N-dealkylation sites (tertiary alicyclic amines) is 1. The number of piperidine rings is 1. The third-order valence-electron chi connectivity index (χ3n) is 8.09. The molecule has 0 bridgehead atoms. The number of benzene rings is 3. The molecule has 45 heavy (non-hydrogen) atoms. The van der Waals surface area contributed by atoms with Crippen molar-refractivity contribution < 1.29 is 18.7 Å². The number of hydrogen-bond acceptors (Lipinski definition) is 6. The van der Waals surface area contributed by atoms with Crippen molar-refractivity contribution in [3.05, 3.63) is 117 Å². The number of nitrogens with zero attached hydrogens (tertiary/aromatic N) is 2. The van der Waals surface area contributed by atoms with Gasteiger partial charge in [-0.05, 0) is 68.1 Å². The Balaban J connectivity index is 0.000000436. The molecule has 8 nitrogen and oxygen atoms in total. The molecule has 1 aromatic heterocycles. The number of amides is 2. The summed E-state index contributed by atoms with van der Waals surface area (Å²) in [4.78, 5) is 41.5. The van der Waals surface area contributed by atoms with Gasteiger partial charge in [0, 0.05) is 55.9 Å². The summed E-state index contributed by atoms with van der Waals surface area (Å²) in [5, 5.41) is 4.01. The van der Waals surface area contributed by atoms with Gasteiger partial charge < -0.3 is 24.3 Å². The maximum absolute atomic E-state index is 12.6. The zero-order valence-corrected chi connectivity index (χ0v) is 26.4. The Bertz CT molecular complexity index is 1720. The molecule has 0 saturated carbocycles. The van der Waals surface area contributed by atoms with Crippen molar-refractivity contribution in [1.29, 1.82) is 0 Å². The van der Waals surface area contributed by atoms with Gasteiger partial charge >= 0.3 is 0 Å². The largest absolute Gasteiger partial charge is 0.497 e. The first-order valence-corrected chi connectivity index (χ1v) is 15.6. The maximum atomic E-state index is 12.6. The zero-order chi connectivity index (χ0) is 31.8. The van der Waals surface area contributed by atoms with Gasteiger partial charge in [0.25, 0.3) is 5.91 Å². The number of nitrogens with one attached hydrogen (secondary N) is 1. The molecule has 2 aliphatic rings. The Morgan fingerprint density at radius 2 is 1.73 bits per heavy atom. The second-order valence-electron chi connectivity index (χ2n) is 11.2. The van der Waals surface area contributed by atoms with Crippen molar-refractivity contribution in [3.63, 3.8) is 0 Å². The summed E-state index contributed by atoms with van der Waals surface area (Å²) in [5.74, 6) is 0.363. The van der Waals surface area contributed by atoms with Gasteiger partial charge in [-0.15, -0.1) is 0 Å². The van der Waals surface area contributed by atoms with Gasteiger partial charge in [-0.25, -0.2) is 0 Å². The molecule has 2 saturated heterocycles. The first-order valence-electron chi connectivity index (χ1n) is 15.2. The van der Waals surface area contributed by atoms with Crippen LogP contribution >= 0.6 is 11.6 Å². The fourth-order valence-electron chi connectivity index (χ4n) is 5.55. The van der Waals surface area contributed by atoms with Gasteiger partial charge in [-0.2, -0.15) is 0 Å². The summed E-state index contributed by atoms with van der Waals surface area (Å²) in [6.45, 7) is 5.67. The van der Waals surface area contributed by atoms with Crippen LogP contribution in [0.5, 0.6) is 5.75 Å². The van der Waals surface area contributed by atoms with Crippen LogP contribution in [0, 0.1) is 6.92 Å². The predicted molar refractivity (Wildman–Crippen MR) is 178 cm³/mol. The van der Waals surface area contributed by atoms with Crippen molar-refractivity contribution >= 4 is 40.1 Å². The third kappa shape index (κ3) is 8.34. The highest BCUT2D eigenvalue weighted by atomic mass is 35.5. The van der Waals surface area contributed by atoms with Gasteiger partial charge in [0.05, 0.1) is 12.5 Å². The molecule has 6 rings (SSSR count). The fraction of sp³-hybridized carbons (Fsp3) is 0.306. The number of anilines is 1. The number of halogens is 1. The van der Waals surface area contributed by atoms with Crippen molar-refractivity contribution in [1.82, 2.24) is 10.2 Å². The molecule has 0 unspecified atom stereocenters. The molecule has 2 fully saturated rings. The quantitative estimate of drug-likeness (QED) is 0.234. The summed E-state index contributed by atoms with van der Waals surface area (Å²) >= 11 is 5.61. The zero-order valence-electron chi connectivity index (χ0n) is 25.7. The van der Waals surface area contributed by atoms with Crippen LogP contribution in [0.2, 0.25) is 5.02 Å². The second-order valence-corrected chi connectivity index (χ2v) is 11.7. The van der Waals surface area contributed by atoms with Gasteiger partial charge in [-0.1, -0.05) is 59.1 Å². The van der Waals surface area contributed by atoms with Crippen LogP contribution in [0.1, 0.15) is 47.4 Å². The van der Waals surface area contributed by atoms with Crippen LogP contribution in [0.15, 0.2) is 93.7 Å². The molecule has 0 aliphatic carbocycles. The van der Waals surface area contributed by atoms with E-state index >= 15 is 0 Å². The van der Waals surface area contributed by atoms with E-state index in [0.717, 1.165) is 43.9 Å². The lowest BCUT2D eigenvalue weighted by molar-refractivity contribution is -0.128. The number of ether oxygens (including phenoxy) is 1. The first kappa shape index (κ1) is 31.9. The van der Waals surface area contributed by atoms with Gasteiger partial charge in [-0.3, -0.25) is 14.4 Å². The number of carbonyl (C=O) groups excluding carboxylic acids is 2. The summed E-state index contributed by atoms with van der Waals surface area (Å²) < 4.78 is 10.8. The van der Waals surface area contributed by atoms with Gasteiger partial charge in [0.1, 0.15) is 11.3 Å². The Labute approximate surface area is 268 Å². The number of methoxy groups -OCH3 is 1. The molecule has 0 atom stereocenters. The summed E-state index contributed by atoms with van der Waals surface area (Å²) in [5.41, 5.74) is 4.97. The number of aryl methyl sites for hydroxylation is 1. The van der Waals surface area contributed by atoms with Gasteiger partial charge in [0.15, 0.2) is 11.2 Å². The number of para-hydroxylation sites is 1. The fourth-order valence-corrected chi connectivity index (χ4v) is 5.68. The van der Waals surface area contributed by atoms with Crippen LogP contribution in [0.4, 0.5) is 5.69 Å². The monoisotopic (exact) mass is 627 g/mol. The van der Waals surface area contributed by atoms with Crippen molar-refractivity contribution in [3.8, 4) is 5.75 Å². The van der Waals surface area contributed by atoms with Crippen molar-refractivity contribution in [2.75, 3.05) is 38.2 Å². The molecule has 3 heterocycles. The number of hydrogen-bond donors (Lipinski definition) is 1. The highest BCUT2D eigenvalue weighted by Gasteiger charge is 2.23. The average molecular weight is 628 g/mol. The van der Waals surface area contributed by atoms with E-state index in [2.05, 4.69) is 22.3 Å². The molecular formula is C36H38ClN3O5. The molecule has 0 spiro atoms. The van der Waals surface area contributed by atoms with Crippen LogP contribution in [0.3, 0.4) is 0 Å². The smallest absolute Gasteiger partial charge is 0.287 e. The lowest BCUT2D eigenvalue weighted by atomic mass is 10.0. The third-order valence-corrected chi connectivity index (χ3v) is 8.34. The lowest BCUT2D eigenvalue weighted by Crippen LogP contribution is -2.33. The average Bonchev–Trinajstić information content (AvgIpc) is 3.47. The van der Waals surface area contributed by atoms with Crippen LogP contribution in [0.25, 0.3) is 11.0 Å². The molecule has 2 aliphatic heterocycles. The Hall–Kier alpha value is -4.56. The first-order chi connectivity index (χ1) is 21.8. The molecule has 1 N–H and O–H groups in total. The second kappa shape index (κ2) is 14.9. The molecule has 4 aromatic rings. The normalized spacial score (nSPS) is 14.6. The van der Waals surface area contributed by atoms with Crippen LogP contribution < -0.4 is 20.4 Å². The highest BCUT2D eigenvalue weighted by Crippen LogP contribution is 2.28. The number of fused-ring (bicyclic) bond motifs is 1. The van der Waals surface area contributed by atoms with E-state index < -0.39 is 5.91 Å². The summed E-state index contributed by atoms with van der Waals surface area (Å²) in [7, 11) is 1.53. The molecule has 9 heteroatoms. The van der Waals surface area contributed by atoms with E-state index in [1.807, 2.05) is 54.3 Å².